The molecule has 0 heterocycles. The van der Waals surface area contributed by atoms with E-state index in [0.29, 0.717) is 11.1 Å². The predicted octanol–water partition coefficient (Wildman–Crippen LogP) is 2.21. The number of carboxylic acid groups (broad SMARTS) is 1. The predicted molar refractivity (Wildman–Crippen MR) is 66.4 cm³/mol. The smallest absolute Gasteiger partial charge is 0.343 e. The Morgan fingerprint density at radius 1 is 1.28 bits per heavy atom. The van der Waals surface area contributed by atoms with Gasteiger partial charge < -0.3 is 10.2 Å². The highest BCUT2D eigenvalue weighted by molar-refractivity contribution is 6.26. The zero-order valence-corrected chi connectivity index (χ0v) is 10.4. The number of carbonyl (C=O) groups excluding carboxylic acids is 1. The van der Waals surface area contributed by atoms with Crippen molar-refractivity contribution in [3.63, 3.8) is 0 Å². The van der Waals surface area contributed by atoms with Gasteiger partial charge in [-0.15, -0.1) is 0 Å². The highest BCUT2D eigenvalue weighted by atomic mass is 16.4. The molecular formula is C14H14O4. The molecule has 1 aromatic rings. The second kappa shape index (κ2) is 3.70. The molecule has 18 heavy (non-hydrogen) atoms. The Labute approximate surface area is 105 Å². The minimum absolute atomic E-state index is 0.428. The summed E-state index contributed by atoms with van der Waals surface area (Å²) in [5, 5.41) is 19.1. The molecule has 1 aliphatic rings. The first-order valence-corrected chi connectivity index (χ1v) is 5.59. The molecule has 0 atom stereocenters. The van der Waals surface area contributed by atoms with Crippen molar-refractivity contribution in [2.45, 2.75) is 26.2 Å². The molecule has 1 aliphatic carbocycles. The number of aryl methyl sites for hydroxylation is 1. The first kappa shape index (κ1) is 12.4. The quantitative estimate of drug-likeness (QED) is 0.745. The van der Waals surface area contributed by atoms with Crippen molar-refractivity contribution in [2.24, 2.45) is 0 Å². The average Bonchev–Trinajstić information content (AvgIpc) is 2.26. The van der Waals surface area contributed by atoms with Gasteiger partial charge in [-0.3, -0.25) is 4.79 Å². The summed E-state index contributed by atoms with van der Waals surface area (Å²) in [6.45, 7) is 5.18. The van der Waals surface area contributed by atoms with Gasteiger partial charge >= 0.3 is 5.97 Å². The molecule has 2 N–H and O–H groups in total. The van der Waals surface area contributed by atoms with E-state index in [1.165, 1.54) is 0 Å². The summed E-state index contributed by atoms with van der Waals surface area (Å²) >= 11 is 0. The molecule has 94 valence electrons. The number of carbonyl (C=O) groups is 2. The first-order chi connectivity index (χ1) is 8.26. The third kappa shape index (κ3) is 1.53. The van der Waals surface area contributed by atoms with Crippen LogP contribution in [0.15, 0.2) is 23.8 Å². The fraction of sp³-hybridized carbons (Fsp3) is 0.286. The van der Waals surface area contributed by atoms with Gasteiger partial charge in [0.25, 0.3) is 0 Å². The van der Waals surface area contributed by atoms with Crippen LogP contribution < -0.4 is 0 Å². The molecule has 4 nitrogen and oxygen atoms in total. The lowest BCUT2D eigenvalue weighted by molar-refractivity contribution is -0.135. The fourth-order valence-electron chi connectivity index (χ4n) is 2.27. The molecule has 0 saturated heterocycles. The molecule has 0 bridgehead atoms. The number of ketones is 1. The standard InChI is InChI=1S/C14H14O4/c1-7-4-5-9-8(6-7)11(15)10(13(17)18)12(16)14(9,2)3/h4-6,15H,1-3H3,(H,17,18). The van der Waals surface area contributed by atoms with E-state index >= 15 is 0 Å². The van der Waals surface area contributed by atoms with Crippen LogP contribution in [0.3, 0.4) is 0 Å². The number of Topliss-reactive ketones (excluding diaryl/α,β-unsaturated/α-hetero) is 1. The zero-order chi connectivity index (χ0) is 13.7. The summed E-state index contributed by atoms with van der Waals surface area (Å²) in [4.78, 5) is 23.3. The molecule has 0 aromatic heterocycles. The van der Waals surface area contributed by atoms with Gasteiger partial charge in [-0.25, -0.2) is 4.79 Å². The van der Waals surface area contributed by atoms with Crippen molar-refractivity contribution in [3.8, 4) is 0 Å². The van der Waals surface area contributed by atoms with Crippen LogP contribution in [0.4, 0.5) is 0 Å². The van der Waals surface area contributed by atoms with Crippen LogP contribution >= 0.6 is 0 Å². The maximum absolute atomic E-state index is 12.1. The maximum atomic E-state index is 12.1. The van der Waals surface area contributed by atoms with Crippen LogP contribution in [0.2, 0.25) is 0 Å². The maximum Gasteiger partial charge on any atom is 0.343 e. The lowest BCUT2D eigenvalue weighted by Gasteiger charge is -2.31. The molecule has 0 saturated carbocycles. The summed E-state index contributed by atoms with van der Waals surface area (Å²) in [5.74, 6) is -2.40. The van der Waals surface area contributed by atoms with Gasteiger partial charge in [0.15, 0.2) is 5.78 Å². The van der Waals surface area contributed by atoms with Crippen molar-refractivity contribution in [1.82, 2.24) is 0 Å². The topological polar surface area (TPSA) is 74.6 Å². The Balaban J connectivity index is 2.84. The van der Waals surface area contributed by atoms with Crippen LogP contribution in [0.5, 0.6) is 0 Å². The lowest BCUT2D eigenvalue weighted by Crippen LogP contribution is -2.37. The van der Waals surface area contributed by atoms with Gasteiger partial charge in [-0.1, -0.05) is 17.7 Å². The largest absolute Gasteiger partial charge is 0.506 e. The van der Waals surface area contributed by atoms with E-state index in [4.69, 9.17) is 5.11 Å². The molecule has 4 heteroatoms. The SMILES string of the molecule is Cc1ccc2c(c1)C(O)=C(C(=O)O)C(=O)C2(C)C. The van der Waals surface area contributed by atoms with Gasteiger partial charge in [-0.2, -0.15) is 0 Å². The third-order valence-electron chi connectivity index (χ3n) is 3.35. The number of benzene rings is 1. The molecule has 0 fully saturated rings. The van der Waals surface area contributed by atoms with Gasteiger partial charge in [0.1, 0.15) is 11.3 Å². The van der Waals surface area contributed by atoms with Crippen LogP contribution in [-0.4, -0.2) is 22.0 Å². The number of aliphatic carboxylic acids is 1. The number of carboxylic acids is 1. The van der Waals surface area contributed by atoms with E-state index < -0.39 is 28.5 Å². The van der Waals surface area contributed by atoms with Crippen LogP contribution in [0, 0.1) is 6.92 Å². The monoisotopic (exact) mass is 246 g/mol. The molecular weight excluding hydrogens is 232 g/mol. The van der Waals surface area contributed by atoms with Crippen molar-refractivity contribution in [1.29, 1.82) is 0 Å². The van der Waals surface area contributed by atoms with E-state index in [-0.39, 0.29) is 0 Å². The van der Waals surface area contributed by atoms with Crippen molar-refractivity contribution in [3.05, 3.63) is 40.5 Å². The summed E-state index contributed by atoms with van der Waals surface area (Å²) in [5.41, 5.74) is 0.508. The normalized spacial score (nSPS) is 17.6. The van der Waals surface area contributed by atoms with Gasteiger partial charge in [0.05, 0.1) is 5.41 Å². The first-order valence-electron chi connectivity index (χ1n) is 5.59. The Hall–Kier alpha value is -2.10. The Bertz CT molecular complexity index is 594. The number of hydrogen-bond donors (Lipinski definition) is 2. The Morgan fingerprint density at radius 2 is 1.89 bits per heavy atom. The van der Waals surface area contributed by atoms with E-state index in [0.717, 1.165) is 5.56 Å². The number of fused-ring (bicyclic) bond motifs is 1. The zero-order valence-electron chi connectivity index (χ0n) is 10.4. The van der Waals surface area contributed by atoms with Crippen molar-refractivity contribution in [2.75, 3.05) is 0 Å². The van der Waals surface area contributed by atoms with Gasteiger partial charge in [0.2, 0.25) is 0 Å². The molecule has 0 unspecified atom stereocenters. The third-order valence-corrected chi connectivity index (χ3v) is 3.35. The summed E-state index contributed by atoms with van der Waals surface area (Å²) in [6.07, 6.45) is 0. The number of hydrogen-bond acceptors (Lipinski definition) is 3. The van der Waals surface area contributed by atoms with Crippen LogP contribution in [0.25, 0.3) is 5.76 Å². The summed E-state index contributed by atoms with van der Waals surface area (Å²) in [6, 6.07) is 5.30. The summed E-state index contributed by atoms with van der Waals surface area (Å²) < 4.78 is 0. The summed E-state index contributed by atoms with van der Waals surface area (Å²) in [7, 11) is 0. The molecule has 0 spiro atoms. The highest BCUT2D eigenvalue weighted by Gasteiger charge is 2.43. The Kier molecular flexibility index (Phi) is 2.54. The molecule has 2 rings (SSSR count). The molecule has 1 aromatic carbocycles. The van der Waals surface area contributed by atoms with E-state index in [1.807, 2.05) is 13.0 Å². The van der Waals surface area contributed by atoms with E-state index in [2.05, 4.69) is 0 Å². The number of aliphatic hydroxyl groups excluding tert-OH is 1. The number of rotatable bonds is 1. The van der Waals surface area contributed by atoms with Crippen LogP contribution in [-0.2, 0) is 15.0 Å². The van der Waals surface area contributed by atoms with E-state index in [1.54, 1.807) is 26.0 Å². The molecule has 0 radical (unpaired) electrons. The van der Waals surface area contributed by atoms with Gasteiger partial charge in [-0.05, 0) is 32.4 Å². The molecule has 0 aliphatic heterocycles. The number of aliphatic hydroxyl groups is 1. The second-order valence-electron chi connectivity index (χ2n) is 5.03. The van der Waals surface area contributed by atoms with Crippen LogP contribution in [0.1, 0.15) is 30.5 Å². The average molecular weight is 246 g/mol. The molecule has 0 amide bonds. The Morgan fingerprint density at radius 3 is 2.44 bits per heavy atom. The highest BCUT2D eigenvalue weighted by Crippen LogP contribution is 2.39. The fourth-order valence-corrected chi connectivity index (χ4v) is 2.27. The van der Waals surface area contributed by atoms with Crippen molar-refractivity contribution >= 4 is 17.5 Å². The minimum atomic E-state index is -1.39. The van der Waals surface area contributed by atoms with Gasteiger partial charge in [0, 0.05) is 5.56 Å². The van der Waals surface area contributed by atoms with E-state index in [9.17, 15) is 14.7 Å². The van der Waals surface area contributed by atoms with Crippen molar-refractivity contribution < 1.29 is 19.8 Å². The lowest BCUT2D eigenvalue weighted by atomic mass is 9.71. The minimum Gasteiger partial charge on any atom is -0.506 e. The second-order valence-corrected chi connectivity index (χ2v) is 5.03.